The SMILES string of the molecule is CCNC(=NCc1ccccc1OCC1CC1)NC1CCCC(C(=O)NC(C)C)C1. The van der Waals surface area contributed by atoms with Crippen molar-refractivity contribution < 1.29 is 9.53 Å². The molecule has 6 heteroatoms. The third-order valence-electron chi connectivity index (χ3n) is 5.71. The third-order valence-corrected chi connectivity index (χ3v) is 5.71. The molecule has 2 atom stereocenters. The van der Waals surface area contributed by atoms with Gasteiger partial charge in [0.05, 0.1) is 13.2 Å². The lowest BCUT2D eigenvalue weighted by Crippen LogP contribution is -2.47. The molecule has 3 rings (SSSR count). The minimum Gasteiger partial charge on any atom is -0.493 e. The lowest BCUT2D eigenvalue weighted by molar-refractivity contribution is -0.126. The molecule has 2 fully saturated rings. The number of carbonyl (C=O) groups is 1. The molecule has 6 nitrogen and oxygen atoms in total. The zero-order valence-corrected chi connectivity index (χ0v) is 18.7. The molecule has 0 bridgehead atoms. The Kier molecular flexibility index (Phi) is 8.40. The molecule has 3 N–H and O–H groups in total. The summed E-state index contributed by atoms with van der Waals surface area (Å²) in [5, 5.41) is 9.98. The first-order chi connectivity index (χ1) is 14.5. The zero-order valence-electron chi connectivity index (χ0n) is 18.7. The number of nitrogens with one attached hydrogen (secondary N) is 3. The number of guanidine groups is 1. The molecule has 1 aromatic carbocycles. The predicted octanol–water partition coefficient (Wildman–Crippen LogP) is 3.61. The molecule has 0 heterocycles. The van der Waals surface area contributed by atoms with E-state index in [1.807, 2.05) is 32.0 Å². The highest BCUT2D eigenvalue weighted by atomic mass is 16.5. The van der Waals surface area contributed by atoms with Gasteiger partial charge in [0.25, 0.3) is 0 Å². The summed E-state index contributed by atoms with van der Waals surface area (Å²) in [6.45, 7) is 8.28. The maximum absolute atomic E-state index is 12.4. The molecule has 30 heavy (non-hydrogen) atoms. The Morgan fingerprint density at radius 3 is 2.73 bits per heavy atom. The molecule has 2 saturated carbocycles. The Hall–Kier alpha value is -2.24. The summed E-state index contributed by atoms with van der Waals surface area (Å²) in [7, 11) is 0. The number of amides is 1. The number of ether oxygens (including phenoxy) is 1. The molecule has 2 unspecified atom stereocenters. The Morgan fingerprint density at radius 1 is 1.20 bits per heavy atom. The molecule has 1 aromatic rings. The van der Waals surface area contributed by atoms with Crippen molar-refractivity contribution >= 4 is 11.9 Å². The molecule has 1 amide bonds. The van der Waals surface area contributed by atoms with Gasteiger partial charge in [-0.25, -0.2) is 4.99 Å². The van der Waals surface area contributed by atoms with Crippen LogP contribution in [0.5, 0.6) is 5.75 Å². The first-order valence-corrected chi connectivity index (χ1v) is 11.6. The van der Waals surface area contributed by atoms with Crippen LogP contribution in [0.2, 0.25) is 0 Å². The monoisotopic (exact) mass is 414 g/mol. The van der Waals surface area contributed by atoms with Crippen LogP contribution in [-0.2, 0) is 11.3 Å². The normalized spacial score (nSPS) is 21.9. The van der Waals surface area contributed by atoms with E-state index in [0.29, 0.717) is 6.54 Å². The van der Waals surface area contributed by atoms with Crippen LogP contribution in [-0.4, -0.2) is 37.1 Å². The van der Waals surface area contributed by atoms with Gasteiger partial charge in [0, 0.05) is 30.1 Å². The number of hydrogen-bond acceptors (Lipinski definition) is 3. The molecule has 2 aliphatic carbocycles. The smallest absolute Gasteiger partial charge is 0.223 e. The van der Waals surface area contributed by atoms with Crippen molar-refractivity contribution in [3.63, 3.8) is 0 Å². The number of nitrogens with zero attached hydrogens (tertiary/aromatic N) is 1. The first kappa shape index (κ1) is 22.4. The van der Waals surface area contributed by atoms with E-state index in [-0.39, 0.29) is 23.9 Å². The van der Waals surface area contributed by atoms with Crippen LogP contribution in [0.4, 0.5) is 0 Å². The van der Waals surface area contributed by atoms with E-state index >= 15 is 0 Å². The average Bonchev–Trinajstić information content (AvgIpc) is 3.55. The van der Waals surface area contributed by atoms with E-state index in [9.17, 15) is 4.79 Å². The van der Waals surface area contributed by atoms with Crippen molar-refractivity contribution in [1.29, 1.82) is 0 Å². The summed E-state index contributed by atoms with van der Waals surface area (Å²) in [4.78, 5) is 17.2. The average molecular weight is 415 g/mol. The Morgan fingerprint density at radius 2 is 2.00 bits per heavy atom. The highest BCUT2D eigenvalue weighted by Crippen LogP contribution is 2.30. The second kappa shape index (κ2) is 11.2. The van der Waals surface area contributed by atoms with Gasteiger partial charge in [0.1, 0.15) is 5.75 Å². The lowest BCUT2D eigenvalue weighted by Gasteiger charge is -2.30. The van der Waals surface area contributed by atoms with E-state index in [4.69, 9.17) is 9.73 Å². The van der Waals surface area contributed by atoms with Crippen LogP contribution in [0.15, 0.2) is 29.3 Å². The van der Waals surface area contributed by atoms with Gasteiger partial charge in [-0.05, 0) is 64.9 Å². The summed E-state index contributed by atoms with van der Waals surface area (Å²) in [6.07, 6.45) is 6.51. The van der Waals surface area contributed by atoms with Gasteiger partial charge in [-0.2, -0.15) is 0 Å². The second-order valence-corrected chi connectivity index (χ2v) is 8.93. The highest BCUT2D eigenvalue weighted by molar-refractivity contribution is 5.81. The number of hydrogen-bond donors (Lipinski definition) is 3. The van der Waals surface area contributed by atoms with Crippen molar-refractivity contribution in [2.75, 3.05) is 13.2 Å². The number of benzene rings is 1. The largest absolute Gasteiger partial charge is 0.493 e. The van der Waals surface area contributed by atoms with Gasteiger partial charge in [0.2, 0.25) is 5.91 Å². The lowest BCUT2D eigenvalue weighted by atomic mass is 9.85. The number of rotatable bonds is 9. The maximum atomic E-state index is 12.4. The fourth-order valence-corrected chi connectivity index (χ4v) is 3.91. The molecule has 2 aliphatic rings. The minimum atomic E-state index is 0.0816. The van der Waals surface area contributed by atoms with Crippen molar-refractivity contribution in [2.24, 2.45) is 16.8 Å². The number of carbonyl (C=O) groups excluding carboxylic acids is 1. The summed E-state index contributed by atoms with van der Waals surface area (Å²) in [6, 6.07) is 8.62. The molecular weight excluding hydrogens is 376 g/mol. The predicted molar refractivity (Wildman–Crippen MR) is 122 cm³/mol. The Bertz CT molecular complexity index is 715. The van der Waals surface area contributed by atoms with Crippen molar-refractivity contribution in [2.45, 2.75) is 77.9 Å². The summed E-state index contributed by atoms with van der Waals surface area (Å²) >= 11 is 0. The fourth-order valence-electron chi connectivity index (χ4n) is 3.91. The van der Waals surface area contributed by atoms with E-state index in [2.05, 4.69) is 28.9 Å². The third kappa shape index (κ3) is 7.22. The zero-order chi connectivity index (χ0) is 21.3. The maximum Gasteiger partial charge on any atom is 0.223 e. The molecule has 0 spiro atoms. The summed E-state index contributed by atoms with van der Waals surface area (Å²) < 4.78 is 6.02. The van der Waals surface area contributed by atoms with Crippen LogP contribution >= 0.6 is 0 Å². The van der Waals surface area contributed by atoms with Gasteiger partial charge >= 0.3 is 0 Å². The number of aliphatic imine (C=N–C) groups is 1. The van der Waals surface area contributed by atoms with Crippen LogP contribution in [0.3, 0.4) is 0 Å². The molecule has 0 aliphatic heterocycles. The quantitative estimate of drug-likeness (QED) is 0.426. The highest BCUT2D eigenvalue weighted by Gasteiger charge is 2.28. The molecule has 0 aromatic heterocycles. The topological polar surface area (TPSA) is 74.8 Å². The van der Waals surface area contributed by atoms with Crippen LogP contribution in [0.25, 0.3) is 0 Å². The standard InChI is InChI=1S/C24H38N4O2/c1-4-25-24(28-21-10-7-9-19(14-21)23(29)27-17(2)3)26-15-20-8-5-6-11-22(20)30-16-18-12-13-18/h5-6,8,11,17-19,21H,4,7,9-10,12-16H2,1-3H3,(H,27,29)(H2,25,26,28). The Balaban J connectivity index is 1.58. The molecule has 0 saturated heterocycles. The van der Waals surface area contributed by atoms with Crippen molar-refractivity contribution in [3.8, 4) is 5.75 Å². The van der Waals surface area contributed by atoms with Crippen LogP contribution in [0.1, 0.15) is 64.9 Å². The van der Waals surface area contributed by atoms with Crippen LogP contribution in [0, 0.1) is 11.8 Å². The Labute approximate surface area is 181 Å². The van der Waals surface area contributed by atoms with Gasteiger partial charge in [-0.1, -0.05) is 24.6 Å². The van der Waals surface area contributed by atoms with Crippen molar-refractivity contribution in [3.05, 3.63) is 29.8 Å². The summed E-state index contributed by atoms with van der Waals surface area (Å²) in [5.41, 5.74) is 1.10. The van der Waals surface area contributed by atoms with Gasteiger partial charge in [0.15, 0.2) is 5.96 Å². The molecule has 0 radical (unpaired) electrons. The van der Waals surface area contributed by atoms with E-state index in [1.54, 1.807) is 0 Å². The van der Waals surface area contributed by atoms with Crippen LogP contribution < -0.4 is 20.7 Å². The molecular formula is C24H38N4O2. The summed E-state index contributed by atoms with van der Waals surface area (Å²) in [5.74, 6) is 2.74. The second-order valence-electron chi connectivity index (χ2n) is 8.93. The first-order valence-electron chi connectivity index (χ1n) is 11.6. The van der Waals surface area contributed by atoms with Gasteiger partial charge in [-0.15, -0.1) is 0 Å². The van der Waals surface area contributed by atoms with Gasteiger partial charge in [-0.3, -0.25) is 4.79 Å². The molecule has 166 valence electrons. The van der Waals surface area contributed by atoms with Gasteiger partial charge < -0.3 is 20.7 Å². The van der Waals surface area contributed by atoms with E-state index in [1.165, 1.54) is 12.8 Å². The number of para-hydroxylation sites is 1. The van der Waals surface area contributed by atoms with E-state index in [0.717, 1.165) is 62.0 Å². The fraction of sp³-hybridized carbons (Fsp3) is 0.667. The van der Waals surface area contributed by atoms with E-state index < -0.39 is 0 Å². The minimum absolute atomic E-state index is 0.0816. The van der Waals surface area contributed by atoms with Crippen molar-refractivity contribution in [1.82, 2.24) is 16.0 Å².